The normalized spacial score (nSPS) is 12.1. The first kappa shape index (κ1) is 21.1. The van der Waals surface area contributed by atoms with Crippen LogP contribution < -0.4 is 10.6 Å². The molecule has 1 aromatic rings. The highest BCUT2D eigenvalue weighted by Crippen LogP contribution is 2.15. The monoisotopic (exact) mass is 364 g/mol. The van der Waals surface area contributed by atoms with Gasteiger partial charge in [-0.05, 0) is 64.6 Å². The molecule has 1 aromatic carbocycles. The molecule has 0 unspecified atom stereocenters. The van der Waals surface area contributed by atoms with Gasteiger partial charge in [-0.1, -0.05) is 12.1 Å². The Morgan fingerprint density at radius 1 is 1.12 bits per heavy atom. The van der Waals surface area contributed by atoms with E-state index in [1.165, 1.54) is 11.0 Å². The van der Waals surface area contributed by atoms with Crippen molar-refractivity contribution in [2.75, 3.05) is 12.8 Å². The predicted molar refractivity (Wildman–Crippen MR) is 104 cm³/mol. The van der Waals surface area contributed by atoms with Crippen LogP contribution in [0.25, 0.3) is 6.08 Å². The third-order valence-electron chi connectivity index (χ3n) is 3.08. The maximum atomic E-state index is 12.1. The minimum Gasteiger partial charge on any atom is -0.444 e. The van der Waals surface area contributed by atoms with Crippen LogP contribution in [0, 0.1) is 0 Å². The predicted octanol–water partition coefficient (Wildman–Crippen LogP) is 3.84. The van der Waals surface area contributed by atoms with Gasteiger partial charge in [-0.15, -0.1) is 11.8 Å². The summed E-state index contributed by atoms with van der Waals surface area (Å²) in [5.41, 5.74) is -0.190. The summed E-state index contributed by atoms with van der Waals surface area (Å²) in [6.45, 7) is 9.35. The third kappa shape index (κ3) is 9.19. The average molecular weight is 365 g/mol. The fourth-order valence-corrected chi connectivity index (χ4v) is 2.32. The molecule has 2 N–H and O–H groups in total. The van der Waals surface area contributed by atoms with Gasteiger partial charge in [0.15, 0.2) is 0 Å². The summed E-state index contributed by atoms with van der Waals surface area (Å²) in [4.78, 5) is 25.0. The van der Waals surface area contributed by atoms with Crippen LogP contribution in [0.5, 0.6) is 0 Å². The number of ether oxygens (including phenoxy) is 1. The van der Waals surface area contributed by atoms with Crippen LogP contribution in [0.3, 0.4) is 0 Å². The summed E-state index contributed by atoms with van der Waals surface area (Å²) in [6.07, 6.45) is 4.77. The van der Waals surface area contributed by atoms with Crippen molar-refractivity contribution in [2.24, 2.45) is 0 Å². The molecule has 0 radical (unpaired) electrons. The van der Waals surface area contributed by atoms with Gasteiger partial charge in [-0.3, -0.25) is 4.79 Å². The Balaban J connectivity index is 2.50. The van der Waals surface area contributed by atoms with Gasteiger partial charge in [0.1, 0.15) is 5.60 Å². The van der Waals surface area contributed by atoms with Gasteiger partial charge in [-0.25, -0.2) is 4.79 Å². The van der Waals surface area contributed by atoms with E-state index < -0.39 is 17.2 Å². The van der Waals surface area contributed by atoms with E-state index in [4.69, 9.17) is 4.74 Å². The van der Waals surface area contributed by atoms with Crippen LogP contribution in [0.1, 0.15) is 40.2 Å². The zero-order valence-corrected chi connectivity index (χ0v) is 16.6. The number of hydrogen-bond acceptors (Lipinski definition) is 4. The van der Waals surface area contributed by atoms with Crippen LogP contribution in [0.2, 0.25) is 0 Å². The van der Waals surface area contributed by atoms with Crippen LogP contribution in [0.15, 0.2) is 35.2 Å². The molecule has 0 aliphatic rings. The molecule has 1 rings (SSSR count). The Labute approximate surface area is 154 Å². The summed E-state index contributed by atoms with van der Waals surface area (Å²) < 4.78 is 5.18. The number of carbonyl (C=O) groups excluding carboxylic acids is 2. The van der Waals surface area contributed by atoms with Crippen molar-refractivity contribution in [3.8, 4) is 0 Å². The summed E-state index contributed by atoms with van der Waals surface area (Å²) >= 11 is 1.67. The highest BCUT2D eigenvalue weighted by Gasteiger charge is 2.22. The average Bonchev–Trinajstić information content (AvgIpc) is 2.49. The van der Waals surface area contributed by atoms with Gasteiger partial charge in [0.25, 0.3) is 0 Å². The summed E-state index contributed by atoms with van der Waals surface area (Å²) in [5, 5.41) is 5.54. The zero-order valence-electron chi connectivity index (χ0n) is 15.8. The summed E-state index contributed by atoms with van der Waals surface area (Å²) in [5.74, 6) is -0.218. The van der Waals surface area contributed by atoms with E-state index in [1.54, 1.807) is 38.6 Å². The fraction of sp³-hybridized carbons (Fsp3) is 0.474. The second-order valence-corrected chi connectivity index (χ2v) is 8.21. The molecule has 0 bridgehead atoms. The molecule has 0 saturated heterocycles. The number of benzene rings is 1. The number of nitrogens with one attached hydrogen (secondary N) is 2. The summed E-state index contributed by atoms with van der Waals surface area (Å²) in [7, 11) is 0. The quantitative estimate of drug-likeness (QED) is 0.594. The minimum atomic E-state index is -0.596. The molecule has 25 heavy (non-hydrogen) atoms. The second kappa shape index (κ2) is 8.94. The van der Waals surface area contributed by atoms with Crippen molar-refractivity contribution in [3.05, 3.63) is 35.9 Å². The van der Waals surface area contributed by atoms with Crippen molar-refractivity contribution in [1.82, 2.24) is 10.6 Å². The van der Waals surface area contributed by atoms with Crippen LogP contribution >= 0.6 is 11.8 Å². The smallest absolute Gasteiger partial charge is 0.407 e. The highest BCUT2D eigenvalue weighted by atomic mass is 32.2. The molecular weight excluding hydrogens is 336 g/mol. The number of carbonyl (C=O) groups is 2. The Morgan fingerprint density at radius 2 is 1.72 bits per heavy atom. The Morgan fingerprint density at radius 3 is 2.24 bits per heavy atom. The van der Waals surface area contributed by atoms with Crippen molar-refractivity contribution in [2.45, 2.75) is 50.7 Å². The molecule has 0 aliphatic carbocycles. The highest BCUT2D eigenvalue weighted by molar-refractivity contribution is 7.98. The van der Waals surface area contributed by atoms with Crippen molar-refractivity contribution in [1.29, 1.82) is 0 Å². The standard InChI is InChI=1S/C19H28N2O3S/c1-18(2,3)24-17(23)20-13-19(4,5)21-16(22)12-9-14-7-10-15(25-6)11-8-14/h7-12H,13H2,1-6H3,(H,20,23)(H,21,22)/b12-9+. The van der Waals surface area contributed by atoms with Crippen molar-refractivity contribution >= 4 is 29.8 Å². The van der Waals surface area contributed by atoms with E-state index in [-0.39, 0.29) is 12.5 Å². The van der Waals surface area contributed by atoms with Gasteiger partial charge >= 0.3 is 6.09 Å². The maximum absolute atomic E-state index is 12.1. The summed E-state index contributed by atoms with van der Waals surface area (Å²) in [6, 6.07) is 7.95. The van der Waals surface area contributed by atoms with Gasteiger partial charge in [-0.2, -0.15) is 0 Å². The lowest BCUT2D eigenvalue weighted by molar-refractivity contribution is -0.117. The molecule has 0 atom stereocenters. The largest absolute Gasteiger partial charge is 0.444 e. The van der Waals surface area contributed by atoms with Crippen LogP contribution in [-0.4, -0.2) is 35.9 Å². The lowest BCUT2D eigenvalue weighted by atomic mass is 10.1. The number of alkyl carbamates (subject to hydrolysis) is 1. The molecule has 0 spiro atoms. The molecule has 2 amide bonds. The molecule has 0 saturated carbocycles. The first-order valence-corrected chi connectivity index (χ1v) is 9.34. The minimum absolute atomic E-state index is 0.218. The molecule has 0 fully saturated rings. The SMILES string of the molecule is CSc1ccc(/C=C/C(=O)NC(C)(C)CNC(=O)OC(C)(C)C)cc1. The Hall–Kier alpha value is -1.95. The van der Waals surface area contributed by atoms with Crippen molar-refractivity contribution in [3.63, 3.8) is 0 Å². The number of thioether (sulfide) groups is 1. The molecule has 0 aromatic heterocycles. The fourth-order valence-electron chi connectivity index (χ4n) is 1.91. The molecule has 0 aliphatic heterocycles. The van der Waals surface area contributed by atoms with Gasteiger partial charge in [0, 0.05) is 17.5 Å². The maximum Gasteiger partial charge on any atom is 0.407 e. The first-order chi connectivity index (χ1) is 11.5. The van der Waals surface area contributed by atoms with Gasteiger partial charge in [0.05, 0.1) is 5.54 Å². The first-order valence-electron chi connectivity index (χ1n) is 8.12. The zero-order chi connectivity index (χ0) is 19.1. The topological polar surface area (TPSA) is 67.4 Å². The molecular formula is C19H28N2O3S. The molecule has 6 heteroatoms. The Kier molecular flexibility index (Phi) is 7.55. The van der Waals surface area contributed by atoms with E-state index >= 15 is 0 Å². The van der Waals surface area contributed by atoms with E-state index in [1.807, 2.05) is 44.4 Å². The van der Waals surface area contributed by atoms with E-state index in [0.717, 1.165) is 5.56 Å². The van der Waals surface area contributed by atoms with Crippen LogP contribution in [-0.2, 0) is 9.53 Å². The van der Waals surface area contributed by atoms with Gasteiger partial charge < -0.3 is 15.4 Å². The molecule has 0 heterocycles. The number of amides is 2. The van der Waals surface area contributed by atoms with Crippen molar-refractivity contribution < 1.29 is 14.3 Å². The molecule has 5 nitrogen and oxygen atoms in total. The lowest BCUT2D eigenvalue weighted by Crippen LogP contribution is -2.51. The Bertz CT molecular complexity index is 617. The van der Waals surface area contributed by atoms with Crippen LogP contribution in [0.4, 0.5) is 4.79 Å². The number of rotatable bonds is 6. The third-order valence-corrected chi connectivity index (χ3v) is 3.82. The van der Waals surface area contributed by atoms with E-state index in [2.05, 4.69) is 10.6 Å². The van der Waals surface area contributed by atoms with Gasteiger partial charge in [0.2, 0.25) is 5.91 Å². The van der Waals surface area contributed by atoms with E-state index in [0.29, 0.717) is 0 Å². The lowest BCUT2D eigenvalue weighted by Gasteiger charge is -2.27. The number of hydrogen-bond donors (Lipinski definition) is 2. The second-order valence-electron chi connectivity index (χ2n) is 7.34. The van der Waals surface area contributed by atoms with E-state index in [9.17, 15) is 9.59 Å². The molecule has 138 valence electrons.